The summed E-state index contributed by atoms with van der Waals surface area (Å²) in [6.45, 7) is 0.747. The van der Waals surface area contributed by atoms with E-state index < -0.39 is 24.9 Å². The van der Waals surface area contributed by atoms with Crippen LogP contribution in [0, 0.1) is 6.92 Å². The third kappa shape index (κ3) is 4.22. The Morgan fingerprint density at radius 2 is 1.88 bits per heavy atom. The minimum absolute atomic E-state index is 0.227. The predicted molar refractivity (Wildman–Crippen MR) is 116 cm³/mol. The lowest BCUT2D eigenvalue weighted by Crippen LogP contribution is -2.51. The number of hydrogen-bond acceptors (Lipinski definition) is 7. The second kappa shape index (κ2) is 8.45. The fourth-order valence-corrected chi connectivity index (χ4v) is 4.64. The first-order valence-electron chi connectivity index (χ1n) is 10.9. The molecule has 1 N–H and O–H groups in total. The number of alkyl halides is 3. The zero-order chi connectivity index (χ0) is 23.3. The van der Waals surface area contributed by atoms with E-state index in [0.29, 0.717) is 37.4 Å². The van der Waals surface area contributed by atoms with Crippen LogP contribution in [0.15, 0.2) is 24.4 Å². The predicted octanol–water partition coefficient (Wildman–Crippen LogP) is 2.66. The molecule has 1 aromatic carbocycles. The molecule has 2 aromatic heterocycles. The molecule has 8 nitrogen and oxygen atoms in total. The average molecular weight is 462 g/mol. The van der Waals surface area contributed by atoms with Crippen LogP contribution in [-0.4, -0.2) is 81.9 Å². The van der Waals surface area contributed by atoms with Gasteiger partial charge in [0.15, 0.2) is 5.82 Å². The van der Waals surface area contributed by atoms with Crippen molar-refractivity contribution in [2.75, 3.05) is 38.1 Å². The van der Waals surface area contributed by atoms with Crippen molar-refractivity contribution in [1.82, 2.24) is 24.6 Å². The summed E-state index contributed by atoms with van der Waals surface area (Å²) in [4.78, 5) is 11.9. The third-order valence-corrected chi connectivity index (χ3v) is 6.38. The Hall–Kier alpha value is -2.92. The fraction of sp³-hybridized carbons (Fsp3) is 0.500. The Balaban J connectivity index is 1.57. The Bertz CT molecular complexity index is 1170. The van der Waals surface area contributed by atoms with Crippen LogP contribution in [-0.2, 0) is 0 Å². The number of rotatable bonds is 5. The van der Waals surface area contributed by atoms with Crippen LogP contribution in [0.4, 0.5) is 19.0 Å². The van der Waals surface area contributed by atoms with Crippen molar-refractivity contribution in [2.45, 2.75) is 38.1 Å². The van der Waals surface area contributed by atoms with Crippen molar-refractivity contribution in [3.63, 3.8) is 0 Å². The summed E-state index contributed by atoms with van der Waals surface area (Å²) in [5, 5.41) is 14.9. The molecule has 0 bridgehead atoms. The molecule has 5 rings (SSSR count). The van der Waals surface area contributed by atoms with Gasteiger partial charge in [-0.1, -0.05) is 0 Å². The maximum Gasteiger partial charge on any atom is 0.389 e. The van der Waals surface area contributed by atoms with Gasteiger partial charge in [-0.3, -0.25) is 0 Å². The molecule has 2 atom stereocenters. The highest BCUT2D eigenvalue weighted by Gasteiger charge is 2.31. The molecule has 2 aliphatic rings. The molecule has 33 heavy (non-hydrogen) atoms. The number of hydrogen-bond donors (Lipinski definition) is 1. The first-order chi connectivity index (χ1) is 15.8. The van der Waals surface area contributed by atoms with Crippen LogP contribution in [0.2, 0.25) is 0 Å². The lowest BCUT2D eigenvalue weighted by atomic mass is 9.85. The molecule has 2 fully saturated rings. The van der Waals surface area contributed by atoms with Gasteiger partial charge >= 0.3 is 12.6 Å². The Kier molecular flexibility index (Phi) is 5.61. The molecule has 2 saturated heterocycles. The molecular weight excluding hydrogens is 437 g/mol. The minimum Gasteiger partial charge on any atom is -0.401 e. The number of aliphatic hydroxyl groups is 1. The lowest BCUT2D eigenvalue weighted by molar-refractivity contribution is -0.0560. The summed E-state index contributed by atoms with van der Waals surface area (Å²) in [7, 11) is 1.91. The number of nitrogens with zero attached hydrogens (tertiary/aromatic N) is 6. The molecule has 0 amide bonds. The van der Waals surface area contributed by atoms with Crippen molar-refractivity contribution in [2.24, 2.45) is 0 Å². The largest absolute Gasteiger partial charge is 0.401 e. The second-order valence-electron chi connectivity index (χ2n) is 8.80. The van der Waals surface area contributed by atoms with Gasteiger partial charge in [-0.15, -0.1) is 0 Å². The van der Waals surface area contributed by atoms with E-state index in [9.17, 15) is 18.3 Å². The van der Waals surface area contributed by atoms with Gasteiger partial charge in [-0.2, -0.15) is 23.8 Å². The number of anilines is 1. The number of benzene rings is 1. The van der Waals surface area contributed by atoms with Crippen LogP contribution in [0.1, 0.15) is 23.5 Å². The molecule has 2 unspecified atom stereocenters. The average Bonchev–Trinajstić information content (AvgIpc) is 3.13. The normalized spacial score (nSPS) is 22.2. The molecule has 176 valence electrons. The van der Waals surface area contributed by atoms with Crippen molar-refractivity contribution in [1.29, 1.82) is 0 Å². The molecule has 0 saturated carbocycles. The van der Waals surface area contributed by atoms with E-state index in [1.807, 2.05) is 31.0 Å². The highest BCUT2D eigenvalue weighted by molar-refractivity contribution is 5.82. The van der Waals surface area contributed by atoms with Crippen molar-refractivity contribution >= 4 is 16.7 Å². The van der Waals surface area contributed by atoms with Crippen molar-refractivity contribution < 1.29 is 23.0 Å². The Morgan fingerprint density at radius 3 is 2.58 bits per heavy atom. The smallest absolute Gasteiger partial charge is 0.389 e. The summed E-state index contributed by atoms with van der Waals surface area (Å²) in [6.07, 6.45) is 0.892. The van der Waals surface area contributed by atoms with Gasteiger partial charge in [0.25, 0.3) is 0 Å². The summed E-state index contributed by atoms with van der Waals surface area (Å²) in [5.74, 6) is 0.383. The topological polar surface area (TPSA) is 79.5 Å². The monoisotopic (exact) mass is 462 g/mol. The van der Waals surface area contributed by atoms with E-state index in [-0.39, 0.29) is 11.7 Å². The number of ether oxygens (including phenoxy) is 1. The minimum atomic E-state index is -3.08. The highest BCUT2D eigenvalue weighted by atomic mass is 19.3. The molecule has 3 aromatic rings. The van der Waals surface area contributed by atoms with Gasteiger partial charge in [0.1, 0.15) is 12.0 Å². The number of aliphatic hydroxyl groups excluding tert-OH is 1. The number of fused-ring (bicyclic) bond motifs is 1. The van der Waals surface area contributed by atoms with Crippen LogP contribution in [0.5, 0.6) is 6.01 Å². The van der Waals surface area contributed by atoms with Crippen molar-refractivity contribution in [3.05, 3.63) is 35.5 Å². The van der Waals surface area contributed by atoms with E-state index in [1.54, 1.807) is 17.2 Å². The van der Waals surface area contributed by atoms with E-state index >= 15 is 0 Å². The maximum atomic E-state index is 14.9. The summed E-state index contributed by atoms with van der Waals surface area (Å²) >= 11 is 0. The molecule has 4 heterocycles. The van der Waals surface area contributed by atoms with Gasteiger partial charge in [0, 0.05) is 37.0 Å². The molecule has 2 aliphatic heterocycles. The number of halogens is 3. The third-order valence-electron chi connectivity index (χ3n) is 6.38. The van der Waals surface area contributed by atoms with Gasteiger partial charge < -0.3 is 19.6 Å². The molecule has 0 radical (unpaired) electrons. The quantitative estimate of drug-likeness (QED) is 0.625. The maximum absolute atomic E-state index is 14.9. The van der Waals surface area contributed by atoms with Gasteiger partial charge in [-0.05, 0) is 50.2 Å². The van der Waals surface area contributed by atoms with Gasteiger partial charge in [0.05, 0.1) is 17.8 Å². The number of β-amino-alcohol motifs (C(OH)–C–C–N with tert-alkyl or cyclic N) is 1. The zero-order valence-electron chi connectivity index (χ0n) is 18.3. The summed E-state index contributed by atoms with van der Waals surface area (Å²) in [6, 6.07) is 5.02. The first-order valence-corrected chi connectivity index (χ1v) is 10.9. The van der Waals surface area contributed by atoms with E-state index in [0.717, 1.165) is 23.1 Å². The molecular formula is C22H25F3N6O2. The molecule has 0 aliphatic carbocycles. The number of piperidine rings is 1. The second-order valence-corrected chi connectivity index (χ2v) is 8.80. The standard InChI is InChI=1S/C22H25F3N6O2/c1-12-5-13-8-26-31(18(13)6-16(12)15-3-4-29(2)11-17(15)23)20-7-19(30-9-14(32)10-30)27-22(28-20)33-21(24)25/h5-8,14-15,17,21,32H,3-4,9-11H2,1-2H3. The van der Waals surface area contributed by atoms with Crippen molar-refractivity contribution in [3.8, 4) is 11.8 Å². The van der Waals surface area contributed by atoms with Crippen LogP contribution < -0.4 is 9.64 Å². The van der Waals surface area contributed by atoms with Crippen LogP contribution >= 0.6 is 0 Å². The lowest BCUT2D eigenvalue weighted by Gasteiger charge is -2.36. The van der Waals surface area contributed by atoms with Gasteiger partial charge in [0.2, 0.25) is 0 Å². The molecule has 0 spiro atoms. The van der Waals surface area contributed by atoms with E-state index in [2.05, 4.69) is 19.8 Å². The number of likely N-dealkylation sites (tertiary alicyclic amines) is 1. The zero-order valence-corrected chi connectivity index (χ0v) is 18.3. The Labute approximate surface area is 188 Å². The van der Waals surface area contributed by atoms with E-state index in [4.69, 9.17) is 0 Å². The Morgan fingerprint density at radius 1 is 1.12 bits per heavy atom. The van der Waals surface area contributed by atoms with Crippen LogP contribution in [0.3, 0.4) is 0 Å². The number of aryl methyl sites for hydroxylation is 1. The van der Waals surface area contributed by atoms with Crippen LogP contribution in [0.25, 0.3) is 16.7 Å². The first kappa shape index (κ1) is 21.9. The fourth-order valence-electron chi connectivity index (χ4n) is 4.64. The SMILES string of the molecule is Cc1cc2cnn(-c3cc(N4CC(O)C4)nc(OC(F)F)n3)c2cc1C1CCN(C)CC1F. The summed E-state index contributed by atoms with van der Waals surface area (Å²) < 4.78 is 46.7. The van der Waals surface area contributed by atoms with Gasteiger partial charge in [-0.25, -0.2) is 9.07 Å². The molecule has 11 heteroatoms. The summed E-state index contributed by atoms with van der Waals surface area (Å²) in [5.41, 5.74) is 2.59. The number of aromatic nitrogens is 4. The highest BCUT2D eigenvalue weighted by Crippen LogP contribution is 2.35. The van der Waals surface area contributed by atoms with E-state index in [1.165, 1.54) is 4.68 Å².